The van der Waals surface area contributed by atoms with Crippen molar-refractivity contribution in [2.24, 2.45) is 11.5 Å². The van der Waals surface area contributed by atoms with Crippen LogP contribution >= 0.6 is 0 Å². The number of halogens is 3. The predicted molar refractivity (Wildman–Crippen MR) is 87.4 cm³/mol. The van der Waals surface area contributed by atoms with E-state index in [-0.39, 0.29) is 22.6 Å². The summed E-state index contributed by atoms with van der Waals surface area (Å²) < 4.78 is 46.9. The van der Waals surface area contributed by atoms with Gasteiger partial charge in [0.05, 0.1) is 0 Å². The van der Waals surface area contributed by atoms with Gasteiger partial charge in [-0.2, -0.15) is 4.39 Å². The largest absolute Gasteiger partial charge is 0.470 e. The summed E-state index contributed by atoms with van der Waals surface area (Å²) in [7, 11) is 0. The first kappa shape index (κ1) is 16.5. The van der Waals surface area contributed by atoms with Crippen LogP contribution in [0.3, 0.4) is 0 Å². The summed E-state index contributed by atoms with van der Waals surface area (Å²) >= 11 is 0. The molecule has 0 spiro atoms. The van der Waals surface area contributed by atoms with E-state index in [4.69, 9.17) is 16.2 Å². The van der Waals surface area contributed by atoms with Crippen molar-refractivity contribution in [3.8, 4) is 17.0 Å². The number of rotatable bonds is 2. The summed E-state index contributed by atoms with van der Waals surface area (Å²) in [5, 5.41) is 0. The smallest absolute Gasteiger partial charge is 0.214 e. The van der Waals surface area contributed by atoms with E-state index in [1.807, 2.05) is 0 Å². The Morgan fingerprint density at radius 1 is 1.00 bits per heavy atom. The number of hydrogen-bond donors (Lipinski definition) is 2. The normalized spacial score (nSPS) is 21.3. The van der Waals surface area contributed by atoms with E-state index >= 15 is 0 Å². The topological polar surface area (TPSA) is 87.0 Å². The Bertz CT molecular complexity index is 999. The Hall–Kier alpha value is -2.97. The lowest BCUT2D eigenvalue weighted by Crippen LogP contribution is -2.52. The van der Waals surface area contributed by atoms with Crippen LogP contribution in [0.2, 0.25) is 0 Å². The van der Waals surface area contributed by atoms with Gasteiger partial charge in [-0.25, -0.2) is 13.8 Å². The molecule has 1 aromatic carbocycles. The van der Waals surface area contributed by atoms with E-state index in [9.17, 15) is 13.2 Å². The molecule has 3 heterocycles. The number of aromatic nitrogens is 2. The Labute approximate surface area is 146 Å². The van der Waals surface area contributed by atoms with Crippen LogP contribution in [0.1, 0.15) is 11.1 Å². The molecule has 0 amide bonds. The summed E-state index contributed by atoms with van der Waals surface area (Å²) in [6.07, 6.45) is 1.90. The lowest BCUT2D eigenvalue weighted by Gasteiger charge is -2.28. The average Bonchev–Trinajstić information content (AvgIpc) is 2.89. The van der Waals surface area contributed by atoms with Crippen LogP contribution in [0, 0.1) is 17.6 Å². The molecule has 0 fully saturated rings. The lowest BCUT2D eigenvalue weighted by molar-refractivity contribution is 0.177. The van der Waals surface area contributed by atoms with Crippen molar-refractivity contribution < 1.29 is 17.9 Å². The zero-order valence-corrected chi connectivity index (χ0v) is 13.3. The van der Waals surface area contributed by atoms with Gasteiger partial charge in [-0.15, -0.1) is 0 Å². The first-order valence-corrected chi connectivity index (χ1v) is 7.69. The van der Waals surface area contributed by atoms with Crippen LogP contribution in [0.5, 0.6) is 5.75 Å². The molecule has 0 saturated heterocycles. The molecule has 132 valence electrons. The van der Waals surface area contributed by atoms with Crippen LogP contribution in [0.25, 0.3) is 11.3 Å². The summed E-state index contributed by atoms with van der Waals surface area (Å²) in [5.41, 5.74) is 12.0. The van der Waals surface area contributed by atoms with Crippen LogP contribution < -0.4 is 16.2 Å². The van der Waals surface area contributed by atoms with Gasteiger partial charge in [-0.3, -0.25) is 10.7 Å². The minimum Gasteiger partial charge on any atom is -0.470 e. The van der Waals surface area contributed by atoms with Crippen LogP contribution in [-0.4, -0.2) is 16.2 Å². The highest BCUT2D eigenvalue weighted by molar-refractivity contribution is 5.71. The van der Waals surface area contributed by atoms with Crippen LogP contribution in [0.15, 0.2) is 48.8 Å². The summed E-state index contributed by atoms with van der Waals surface area (Å²) in [5.74, 6) is -2.72. The van der Waals surface area contributed by atoms with Crippen LogP contribution in [0.4, 0.5) is 13.2 Å². The predicted octanol–water partition coefficient (Wildman–Crippen LogP) is 2.44. The van der Waals surface area contributed by atoms with Crippen LogP contribution in [-0.2, 0) is 5.54 Å². The number of benzene rings is 1. The Kier molecular flexibility index (Phi) is 3.67. The Morgan fingerprint density at radius 3 is 2.42 bits per heavy atom. The van der Waals surface area contributed by atoms with Crippen molar-refractivity contribution in [3.05, 3.63) is 77.5 Å². The van der Waals surface area contributed by atoms with Crippen molar-refractivity contribution in [1.82, 2.24) is 9.97 Å². The third-order valence-electron chi connectivity index (χ3n) is 4.43. The molecule has 4 N–H and O–H groups in total. The molecule has 5 nitrogen and oxygen atoms in total. The van der Waals surface area contributed by atoms with Gasteiger partial charge in [0.15, 0.2) is 23.6 Å². The average molecular weight is 358 g/mol. The summed E-state index contributed by atoms with van der Waals surface area (Å²) in [6.45, 7) is 0. The highest BCUT2D eigenvalue weighted by Crippen LogP contribution is 2.46. The highest BCUT2D eigenvalue weighted by Gasteiger charge is 2.48. The molecule has 8 heteroatoms. The van der Waals surface area contributed by atoms with E-state index in [2.05, 4.69) is 9.97 Å². The van der Waals surface area contributed by atoms with E-state index in [0.717, 1.165) is 18.2 Å². The van der Waals surface area contributed by atoms with Gasteiger partial charge in [0.2, 0.25) is 5.95 Å². The van der Waals surface area contributed by atoms with E-state index < -0.39 is 29.3 Å². The summed E-state index contributed by atoms with van der Waals surface area (Å²) in [4.78, 5) is 7.78. The van der Waals surface area contributed by atoms with Crippen molar-refractivity contribution in [2.75, 3.05) is 0 Å². The maximum atomic E-state index is 14.2. The van der Waals surface area contributed by atoms with Crippen molar-refractivity contribution in [3.63, 3.8) is 0 Å². The number of ether oxygens (including phenoxy) is 1. The molecule has 0 aliphatic carbocycles. The molecule has 3 aromatic rings. The lowest BCUT2D eigenvalue weighted by atomic mass is 9.83. The third kappa shape index (κ3) is 2.34. The minimum atomic E-state index is -1.57. The molecular weight excluding hydrogens is 345 g/mol. The molecular formula is C18H13F3N4O. The van der Waals surface area contributed by atoms with Gasteiger partial charge < -0.3 is 10.5 Å². The van der Waals surface area contributed by atoms with Crippen molar-refractivity contribution in [2.45, 2.75) is 11.8 Å². The highest BCUT2D eigenvalue weighted by atomic mass is 19.2. The quantitative estimate of drug-likeness (QED) is 0.687. The minimum absolute atomic E-state index is 0.161. The molecule has 1 aliphatic rings. The van der Waals surface area contributed by atoms with Gasteiger partial charge in [-0.05, 0) is 29.8 Å². The molecule has 1 aliphatic heterocycles. The number of nitrogens with zero attached hydrogens (tertiary/aromatic N) is 2. The molecule has 26 heavy (non-hydrogen) atoms. The van der Waals surface area contributed by atoms with E-state index in [0.29, 0.717) is 5.56 Å². The van der Waals surface area contributed by atoms with E-state index in [1.54, 1.807) is 12.1 Å². The molecule has 0 bridgehead atoms. The monoisotopic (exact) mass is 358 g/mol. The summed E-state index contributed by atoms with van der Waals surface area (Å²) in [6, 6.07) is 7.51. The second kappa shape index (κ2) is 5.79. The molecule has 0 radical (unpaired) electrons. The Morgan fingerprint density at radius 2 is 1.73 bits per heavy atom. The van der Waals surface area contributed by atoms with Crippen molar-refractivity contribution >= 4 is 0 Å². The molecule has 4 rings (SSSR count). The fourth-order valence-corrected chi connectivity index (χ4v) is 3.08. The molecule has 2 aromatic heterocycles. The Balaban J connectivity index is 1.95. The molecule has 0 saturated carbocycles. The second-order valence-corrected chi connectivity index (χ2v) is 5.94. The molecule has 2 unspecified atom stereocenters. The maximum Gasteiger partial charge on any atom is 0.214 e. The van der Waals surface area contributed by atoms with E-state index in [1.165, 1.54) is 18.5 Å². The second-order valence-electron chi connectivity index (χ2n) is 5.94. The first-order chi connectivity index (χ1) is 12.4. The number of fused-ring (bicyclic) bond motifs is 1. The number of pyridine rings is 2. The standard InChI is InChI=1S/C18H13F3N4O/c19-12-2-1-10(7-13(12)20)18(23)11-8-14(21)25-15(16(11)26-17(18)22)9-3-5-24-6-4-9/h1-8,17H,22-23H2. The number of hydrogen-bond acceptors (Lipinski definition) is 5. The van der Waals surface area contributed by atoms with Gasteiger partial charge in [0, 0.05) is 29.6 Å². The SMILES string of the molecule is NC1Oc2c(cc(F)nc2-c2ccncc2)C1(N)c1ccc(F)c(F)c1. The van der Waals surface area contributed by atoms with Gasteiger partial charge in [0.1, 0.15) is 11.2 Å². The zero-order chi connectivity index (χ0) is 18.5. The fourth-order valence-electron chi connectivity index (χ4n) is 3.08. The van der Waals surface area contributed by atoms with Gasteiger partial charge >= 0.3 is 0 Å². The molecule has 2 atom stereocenters. The first-order valence-electron chi connectivity index (χ1n) is 7.69. The van der Waals surface area contributed by atoms with Gasteiger partial charge in [0.25, 0.3) is 0 Å². The van der Waals surface area contributed by atoms with Gasteiger partial charge in [-0.1, -0.05) is 6.07 Å². The third-order valence-corrected chi connectivity index (χ3v) is 4.43. The van der Waals surface area contributed by atoms with Crippen molar-refractivity contribution in [1.29, 1.82) is 0 Å². The fraction of sp³-hybridized carbons (Fsp3) is 0.111. The maximum absolute atomic E-state index is 14.2. The zero-order valence-electron chi connectivity index (χ0n) is 13.3. The number of nitrogens with two attached hydrogens (primary N) is 2.